The van der Waals surface area contributed by atoms with Crippen LogP contribution in [-0.4, -0.2) is 40.5 Å². The number of carbonyl (C=O) groups excluding carboxylic acids is 2. The molecule has 9 heteroatoms. The zero-order valence-corrected chi connectivity index (χ0v) is 21.3. The minimum absolute atomic E-state index is 0.0418. The van der Waals surface area contributed by atoms with Gasteiger partial charge < -0.3 is 20.3 Å². The number of nitrogens with one attached hydrogen (secondary N) is 1. The lowest BCUT2D eigenvalue weighted by molar-refractivity contribution is -0.142. The highest BCUT2D eigenvalue weighted by Gasteiger charge is 2.46. The number of carboxylic acids is 1. The average molecular weight is 532 g/mol. The lowest BCUT2D eigenvalue weighted by atomic mass is 9.70. The van der Waals surface area contributed by atoms with Crippen LogP contribution in [0, 0.1) is 5.41 Å². The maximum Gasteiger partial charge on any atom is 0.326 e. The number of phenols is 1. The third-order valence-electron chi connectivity index (χ3n) is 6.79. The molecule has 2 aliphatic rings. The summed E-state index contributed by atoms with van der Waals surface area (Å²) in [5.74, 6) is -1.32. The van der Waals surface area contributed by atoms with Crippen molar-refractivity contribution >= 4 is 46.4 Å². The Kier molecular flexibility index (Phi) is 7.62. The van der Waals surface area contributed by atoms with Gasteiger partial charge in [0.1, 0.15) is 28.3 Å². The van der Waals surface area contributed by atoms with Crippen molar-refractivity contribution in [2.45, 2.75) is 51.5 Å². The number of hydrogen-bond acceptors (Lipinski definition) is 5. The molecule has 2 aliphatic carbocycles. The van der Waals surface area contributed by atoms with Crippen molar-refractivity contribution < 1.29 is 29.3 Å². The Bertz CT molecular complexity index is 1240. The second kappa shape index (κ2) is 10.5. The maximum absolute atomic E-state index is 12.5. The first-order chi connectivity index (χ1) is 17.1. The standard InChI is InChI=1S/C27H27Cl2NO6/c1-2-9-27-12-16-11-21(24(28)25(29)23(16)19(27)8-7-18(32)13-27)36-14-22(33)30-20(26(34)35)10-15-3-5-17(31)6-4-15/h3-6,8,11,20,31H,2,7,9-10,12-14H2,1H3,(H,30,33)(H,34,35)/t20-,27+/m0/s1. The van der Waals surface area contributed by atoms with Crippen LogP contribution in [0.15, 0.2) is 36.4 Å². The lowest BCUT2D eigenvalue weighted by Crippen LogP contribution is -2.44. The number of ether oxygens (including phenoxy) is 1. The van der Waals surface area contributed by atoms with E-state index in [9.17, 15) is 24.6 Å². The van der Waals surface area contributed by atoms with Crippen molar-refractivity contribution in [1.29, 1.82) is 0 Å². The summed E-state index contributed by atoms with van der Waals surface area (Å²) in [6, 6.07) is 6.67. The molecule has 4 rings (SSSR count). The average Bonchev–Trinajstić information content (AvgIpc) is 3.14. The fourth-order valence-electron chi connectivity index (χ4n) is 5.29. The summed E-state index contributed by atoms with van der Waals surface area (Å²) in [6.07, 6.45) is 5.25. The zero-order valence-electron chi connectivity index (χ0n) is 19.8. The van der Waals surface area contributed by atoms with Gasteiger partial charge in [0.25, 0.3) is 5.91 Å². The Morgan fingerprint density at radius 1 is 1.17 bits per heavy atom. The van der Waals surface area contributed by atoms with Crippen LogP contribution in [0.4, 0.5) is 0 Å². The Morgan fingerprint density at radius 3 is 2.56 bits per heavy atom. The summed E-state index contributed by atoms with van der Waals surface area (Å²) in [6.45, 7) is 1.64. The number of amides is 1. The summed E-state index contributed by atoms with van der Waals surface area (Å²) in [4.78, 5) is 36.5. The monoisotopic (exact) mass is 531 g/mol. The number of aromatic hydroxyl groups is 1. The number of hydrogen-bond donors (Lipinski definition) is 3. The van der Waals surface area contributed by atoms with Crippen molar-refractivity contribution in [2.75, 3.05) is 6.61 Å². The fraction of sp³-hybridized carbons (Fsp3) is 0.370. The van der Waals surface area contributed by atoms with Crippen molar-refractivity contribution in [1.82, 2.24) is 5.32 Å². The molecule has 0 saturated heterocycles. The summed E-state index contributed by atoms with van der Waals surface area (Å²) in [5.41, 5.74) is 3.18. The number of rotatable bonds is 9. The van der Waals surface area contributed by atoms with Gasteiger partial charge in [0.2, 0.25) is 0 Å². The van der Waals surface area contributed by atoms with Crippen LogP contribution in [0.25, 0.3) is 5.57 Å². The van der Waals surface area contributed by atoms with Crippen LogP contribution in [0.1, 0.15) is 49.3 Å². The molecule has 2 aromatic rings. The Morgan fingerprint density at radius 2 is 1.89 bits per heavy atom. The van der Waals surface area contributed by atoms with Gasteiger partial charge in [0.05, 0.1) is 5.02 Å². The molecular weight excluding hydrogens is 505 g/mol. The van der Waals surface area contributed by atoms with Crippen molar-refractivity contribution in [3.05, 3.63) is 63.1 Å². The Hall–Kier alpha value is -3.03. The number of halogens is 2. The molecule has 0 aliphatic heterocycles. The van der Waals surface area contributed by atoms with Gasteiger partial charge >= 0.3 is 5.97 Å². The molecule has 0 unspecified atom stereocenters. The van der Waals surface area contributed by atoms with Crippen LogP contribution in [-0.2, 0) is 27.2 Å². The molecule has 0 fully saturated rings. The van der Waals surface area contributed by atoms with Crippen LogP contribution in [0.5, 0.6) is 11.5 Å². The molecule has 0 saturated carbocycles. The van der Waals surface area contributed by atoms with Gasteiger partial charge in [-0.05, 0) is 47.7 Å². The minimum atomic E-state index is -1.19. The van der Waals surface area contributed by atoms with E-state index in [1.807, 2.05) is 6.08 Å². The van der Waals surface area contributed by atoms with E-state index in [4.69, 9.17) is 27.9 Å². The number of ketones is 1. The molecule has 2 aromatic carbocycles. The number of Topliss-reactive ketones (excluding diaryl/α,β-unsaturated/α-hetero) is 1. The van der Waals surface area contributed by atoms with Crippen LogP contribution >= 0.6 is 23.2 Å². The first-order valence-electron chi connectivity index (χ1n) is 11.8. The molecule has 0 radical (unpaired) electrons. The van der Waals surface area contributed by atoms with Crippen LogP contribution in [0.2, 0.25) is 10.0 Å². The Labute approximate surface area is 219 Å². The highest BCUT2D eigenvalue weighted by Crippen LogP contribution is 2.58. The number of allylic oxidation sites excluding steroid dienone is 2. The van der Waals surface area contributed by atoms with E-state index in [0.717, 1.165) is 29.5 Å². The predicted octanol–water partition coefficient (Wildman–Crippen LogP) is 4.98. The smallest absolute Gasteiger partial charge is 0.326 e. The number of carboxylic acid groups (broad SMARTS) is 1. The van der Waals surface area contributed by atoms with E-state index in [0.29, 0.717) is 29.8 Å². The number of fused-ring (bicyclic) bond motifs is 3. The summed E-state index contributed by atoms with van der Waals surface area (Å²) < 4.78 is 5.68. The first-order valence-corrected chi connectivity index (χ1v) is 12.6. The SMILES string of the molecule is CCC[C@@]12CC(=O)CC=C1c1c(cc(OCC(=O)N[C@@H](Cc3ccc(O)cc3)C(=O)O)c(Cl)c1Cl)C2. The molecule has 0 bridgehead atoms. The predicted molar refractivity (Wildman–Crippen MR) is 137 cm³/mol. The Balaban J connectivity index is 1.48. The minimum Gasteiger partial charge on any atom is -0.508 e. The molecular formula is C27H27Cl2NO6. The van der Waals surface area contributed by atoms with Gasteiger partial charge in [0, 0.05) is 30.2 Å². The van der Waals surface area contributed by atoms with E-state index < -0.39 is 24.5 Å². The molecule has 7 nitrogen and oxygen atoms in total. The van der Waals surface area contributed by atoms with E-state index in [1.165, 1.54) is 12.1 Å². The van der Waals surface area contributed by atoms with Crippen molar-refractivity contribution in [2.24, 2.45) is 5.41 Å². The largest absolute Gasteiger partial charge is 0.508 e. The van der Waals surface area contributed by atoms with Crippen molar-refractivity contribution in [3.8, 4) is 11.5 Å². The second-order valence-corrected chi connectivity index (χ2v) is 10.2. The zero-order chi connectivity index (χ0) is 26.0. The molecule has 0 heterocycles. The number of carbonyl (C=O) groups is 3. The van der Waals surface area contributed by atoms with Gasteiger partial charge in [-0.3, -0.25) is 9.59 Å². The topological polar surface area (TPSA) is 113 Å². The summed E-state index contributed by atoms with van der Waals surface area (Å²) in [7, 11) is 0. The molecule has 0 spiro atoms. The van der Waals surface area contributed by atoms with Crippen LogP contribution in [0.3, 0.4) is 0 Å². The van der Waals surface area contributed by atoms with Gasteiger partial charge in [-0.2, -0.15) is 0 Å². The number of benzene rings is 2. The molecule has 1 amide bonds. The van der Waals surface area contributed by atoms with E-state index in [1.54, 1.807) is 18.2 Å². The van der Waals surface area contributed by atoms with Crippen molar-refractivity contribution in [3.63, 3.8) is 0 Å². The normalized spacial score (nSPS) is 19.2. The fourth-order valence-corrected chi connectivity index (χ4v) is 5.81. The molecule has 2 atom stereocenters. The lowest BCUT2D eigenvalue weighted by Gasteiger charge is -2.33. The number of phenolic OH excluding ortho intramolecular Hbond substituents is 1. The van der Waals surface area contributed by atoms with Gasteiger partial charge in [-0.1, -0.05) is 54.8 Å². The van der Waals surface area contributed by atoms with Gasteiger partial charge in [0.15, 0.2) is 6.61 Å². The third kappa shape index (κ3) is 5.22. The first kappa shape index (κ1) is 26.0. The molecule has 0 aromatic heterocycles. The highest BCUT2D eigenvalue weighted by molar-refractivity contribution is 6.44. The molecule has 190 valence electrons. The quantitative estimate of drug-likeness (QED) is 0.420. The van der Waals surface area contributed by atoms with E-state index >= 15 is 0 Å². The maximum atomic E-state index is 12.5. The summed E-state index contributed by atoms with van der Waals surface area (Å²) in [5, 5.41) is 21.9. The second-order valence-electron chi connectivity index (χ2n) is 9.40. The summed E-state index contributed by atoms with van der Waals surface area (Å²) >= 11 is 13.2. The molecule has 36 heavy (non-hydrogen) atoms. The third-order valence-corrected chi connectivity index (χ3v) is 7.64. The van der Waals surface area contributed by atoms with E-state index in [2.05, 4.69) is 12.2 Å². The van der Waals surface area contributed by atoms with Crippen LogP contribution < -0.4 is 10.1 Å². The van der Waals surface area contributed by atoms with E-state index in [-0.39, 0.29) is 34.1 Å². The number of aliphatic carboxylic acids is 1. The highest BCUT2D eigenvalue weighted by atomic mass is 35.5. The van der Waals surface area contributed by atoms with Gasteiger partial charge in [-0.25, -0.2) is 4.79 Å². The molecule has 3 N–H and O–H groups in total. The van der Waals surface area contributed by atoms with Gasteiger partial charge in [-0.15, -0.1) is 0 Å².